The van der Waals surface area contributed by atoms with Gasteiger partial charge >= 0.3 is 0 Å². The van der Waals surface area contributed by atoms with Crippen LogP contribution in [0.25, 0.3) is 0 Å². The maximum atomic E-state index is 6.30. The Morgan fingerprint density at radius 2 is 2.26 bits per heavy atom. The standard InChI is InChI=1S/C14H14BrNOS2/c15-9-5-10(18-7-9)6-11(16)13-8-19-14-4-2-1-3-12(14)17-13/h1-5,7,11,13H,6,8,16H2. The SMILES string of the molecule is NC(Cc1cc(Br)cs1)C1CSc2ccccc2O1. The number of fused-ring (bicyclic) bond motifs is 1. The highest BCUT2D eigenvalue weighted by Crippen LogP contribution is 2.36. The van der Waals surface area contributed by atoms with Crippen LogP contribution in [-0.4, -0.2) is 17.9 Å². The summed E-state index contributed by atoms with van der Waals surface area (Å²) in [6.45, 7) is 0. The Hall–Kier alpha value is -0.490. The van der Waals surface area contributed by atoms with Crippen LogP contribution in [0.5, 0.6) is 5.75 Å². The van der Waals surface area contributed by atoms with Crippen molar-refractivity contribution in [2.24, 2.45) is 5.73 Å². The lowest BCUT2D eigenvalue weighted by atomic mass is 10.1. The van der Waals surface area contributed by atoms with Crippen LogP contribution in [0.1, 0.15) is 4.88 Å². The third-order valence-corrected chi connectivity index (χ3v) is 5.93. The van der Waals surface area contributed by atoms with E-state index in [-0.39, 0.29) is 12.1 Å². The molecule has 19 heavy (non-hydrogen) atoms. The lowest BCUT2D eigenvalue weighted by Crippen LogP contribution is -2.43. The number of benzene rings is 1. The van der Waals surface area contributed by atoms with Gasteiger partial charge in [0.05, 0.1) is 0 Å². The summed E-state index contributed by atoms with van der Waals surface area (Å²) in [6.07, 6.45) is 0.949. The Labute approximate surface area is 129 Å². The summed E-state index contributed by atoms with van der Waals surface area (Å²) in [6, 6.07) is 10.3. The molecule has 2 unspecified atom stereocenters. The Kier molecular flexibility index (Phi) is 4.17. The van der Waals surface area contributed by atoms with Crippen LogP contribution >= 0.6 is 39.0 Å². The van der Waals surface area contributed by atoms with Gasteiger partial charge in [0.25, 0.3) is 0 Å². The highest BCUT2D eigenvalue weighted by atomic mass is 79.9. The Morgan fingerprint density at radius 3 is 3.05 bits per heavy atom. The fraction of sp³-hybridized carbons (Fsp3) is 0.286. The number of nitrogens with two attached hydrogens (primary N) is 1. The van der Waals surface area contributed by atoms with Crippen molar-refractivity contribution < 1.29 is 4.74 Å². The highest BCUT2D eigenvalue weighted by Gasteiger charge is 2.26. The summed E-state index contributed by atoms with van der Waals surface area (Å²) in [5.74, 6) is 1.89. The maximum absolute atomic E-state index is 6.30. The van der Waals surface area contributed by atoms with Gasteiger partial charge in [-0.15, -0.1) is 23.1 Å². The molecule has 5 heteroatoms. The predicted molar refractivity (Wildman–Crippen MR) is 85.3 cm³/mol. The molecule has 2 nitrogen and oxygen atoms in total. The maximum Gasteiger partial charge on any atom is 0.133 e. The predicted octanol–water partition coefficient (Wildman–Crippen LogP) is 3.93. The first-order chi connectivity index (χ1) is 9.22. The molecule has 1 aromatic carbocycles. The minimum absolute atomic E-state index is 0.0337. The Balaban J connectivity index is 1.67. The average Bonchev–Trinajstić information content (AvgIpc) is 2.83. The topological polar surface area (TPSA) is 35.2 Å². The molecule has 1 aromatic heterocycles. The van der Waals surface area contributed by atoms with E-state index >= 15 is 0 Å². The van der Waals surface area contributed by atoms with Gasteiger partial charge in [0, 0.05) is 37.8 Å². The lowest BCUT2D eigenvalue weighted by molar-refractivity contribution is 0.184. The van der Waals surface area contributed by atoms with Crippen molar-refractivity contribution in [1.29, 1.82) is 0 Å². The summed E-state index contributed by atoms with van der Waals surface area (Å²) >= 11 is 7.04. The third kappa shape index (κ3) is 3.16. The Morgan fingerprint density at radius 1 is 1.42 bits per heavy atom. The van der Waals surface area contributed by atoms with Crippen LogP contribution < -0.4 is 10.5 Å². The first-order valence-electron chi connectivity index (χ1n) is 6.09. The number of para-hydroxylation sites is 1. The summed E-state index contributed by atoms with van der Waals surface area (Å²) in [5.41, 5.74) is 6.30. The second kappa shape index (κ2) is 5.87. The first kappa shape index (κ1) is 13.5. The van der Waals surface area contributed by atoms with Gasteiger partial charge in [-0.2, -0.15) is 0 Å². The molecule has 0 fully saturated rings. The number of hydrogen-bond donors (Lipinski definition) is 1. The van der Waals surface area contributed by atoms with E-state index < -0.39 is 0 Å². The van der Waals surface area contributed by atoms with Gasteiger partial charge in [-0.1, -0.05) is 12.1 Å². The molecule has 0 bridgehead atoms. The van der Waals surface area contributed by atoms with Gasteiger partial charge in [-0.25, -0.2) is 0 Å². The van der Waals surface area contributed by atoms with E-state index in [4.69, 9.17) is 10.5 Å². The molecular weight excluding hydrogens is 342 g/mol. The number of rotatable bonds is 3. The monoisotopic (exact) mass is 355 g/mol. The van der Waals surface area contributed by atoms with Gasteiger partial charge in [0.2, 0.25) is 0 Å². The van der Waals surface area contributed by atoms with E-state index in [1.807, 2.05) is 30.0 Å². The first-order valence-corrected chi connectivity index (χ1v) is 8.75. The third-order valence-electron chi connectivity index (χ3n) is 3.07. The molecule has 0 aliphatic carbocycles. The van der Waals surface area contributed by atoms with Crippen molar-refractivity contribution in [1.82, 2.24) is 0 Å². The van der Waals surface area contributed by atoms with Crippen molar-refractivity contribution in [3.05, 3.63) is 45.1 Å². The van der Waals surface area contributed by atoms with E-state index in [2.05, 4.69) is 33.4 Å². The molecule has 2 aromatic rings. The van der Waals surface area contributed by atoms with Gasteiger partial charge in [0.1, 0.15) is 11.9 Å². The molecule has 0 saturated carbocycles. The zero-order valence-electron chi connectivity index (χ0n) is 10.2. The number of ether oxygens (including phenoxy) is 1. The van der Waals surface area contributed by atoms with E-state index in [0.29, 0.717) is 0 Å². The molecular formula is C14H14BrNOS2. The normalized spacial score (nSPS) is 19.6. The molecule has 0 saturated heterocycles. The van der Waals surface area contributed by atoms with Gasteiger partial charge in [0.15, 0.2) is 0 Å². The highest BCUT2D eigenvalue weighted by molar-refractivity contribution is 9.10. The van der Waals surface area contributed by atoms with E-state index in [0.717, 1.165) is 22.4 Å². The summed E-state index contributed by atoms with van der Waals surface area (Å²) in [7, 11) is 0. The van der Waals surface area contributed by atoms with Gasteiger partial charge in [-0.3, -0.25) is 0 Å². The van der Waals surface area contributed by atoms with Crippen LogP contribution in [-0.2, 0) is 6.42 Å². The van der Waals surface area contributed by atoms with Crippen molar-refractivity contribution in [3.8, 4) is 5.75 Å². The van der Waals surface area contributed by atoms with Gasteiger partial charge in [-0.05, 0) is 34.1 Å². The summed E-state index contributed by atoms with van der Waals surface area (Å²) in [5, 5.41) is 2.09. The van der Waals surface area contributed by atoms with Crippen LogP contribution in [0.4, 0.5) is 0 Å². The Bertz CT molecular complexity index is 572. The zero-order valence-corrected chi connectivity index (χ0v) is 13.4. The van der Waals surface area contributed by atoms with Crippen LogP contribution in [0, 0.1) is 0 Å². The molecule has 1 aliphatic heterocycles. The largest absolute Gasteiger partial charge is 0.487 e. The molecule has 3 rings (SSSR count). The second-order valence-corrected chi connectivity index (χ2v) is 7.49. The van der Waals surface area contributed by atoms with Crippen LogP contribution in [0.3, 0.4) is 0 Å². The van der Waals surface area contributed by atoms with E-state index in [9.17, 15) is 0 Å². The smallest absolute Gasteiger partial charge is 0.133 e. The van der Waals surface area contributed by atoms with Crippen molar-refractivity contribution in [3.63, 3.8) is 0 Å². The summed E-state index contributed by atoms with van der Waals surface area (Å²) < 4.78 is 7.15. The van der Waals surface area contributed by atoms with E-state index in [1.165, 1.54) is 9.77 Å². The van der Waals surface area contributed by atoms with Crippen LogP contribution in [0.15, 0.2) is 45.1 Å². The van der Waals surface area contributed by atoms with Crippen molar-refractivity contribution in [2.75, 3.05) is 5.75 Å². The molecule has 0 radical (unpaired) electrons. The molecule has 2 N–H and O–H groups in total. The minimum Gasteiger partial charge on any atom is -0.487 e. The fourth-order valence-electron chi connectivity index (χ4n) is 2.07. The number of thioether (sulfide) groups is 1. The number of hydrogen-bond acceptors (Lipinski definition) is 4. The fourth-order valence-corrected chi connectivity index (χ4v) is 4.69. The lowest BCUT2D eigenvalue weighted by Gasteiger charge is -2.29. The molecule has 2 heterocycles. The van der Waals surface area contributed by atoms with Crippen molar-refractivity contribution in [2.45, 2.75) is 23.5 Å². The average molecular weight is 356 g/mol. The van der Waals surface area contributed by atoms with Crippen LogP contribution in [0.2, 0.25) is 0 Å². The molecule has 100 valence electrons. The van der Waals surface area contributed by atoms with Crippen molar-refractivity contribution >= 4 is 39.0 Å². The van der Waals surface area contributed by atoms with E-state index in [1.54, 1.807) is 11.3 Å². The molecule has 0 spiro atoms. The molecule has 1 aliphatic rings. The number of thiophene rings is 1. The second-order valence-electron chi connectivity index (χ2n) is 4.51. The molecule has 0 amide bonds. The number of halogens is 1. The van der Waals surface area contributed by atoms with Gasteiger partial charge < -0.3 is 10.5 Å². The minimum atomic E-state index is 0.0337. The molecule has 2 atom stereocenters. The summed E-state index contributed by atoms with van der Waals surface area (Å²) in [4.78, 5) is 2.51. The quantitative estimate of drug-likeness (QED) is 0.905. The zero-order chi connectivity index (χ0) is 13.2.